The Kier molecular flexibility index (Phi) is 5.04. The van der Waals surface area contributed by atoms with E-state index >= 15 is 0 Å². The van der Waals surface area contributed by atoms with Crippen LogP contribution in [0.25, 0.3) is 6.08 Å². The minimum absolute atomic E-state index is 0.0335. The fourth-order valence-corrected chi connectivity index (χ4v) is 3.11. The molecule has 4 amide bonds. The molecule has 6 nitrogen and oxygen atoms in total. The maximum Gasteiger partial charge on any atom is 0.335 e. The maximum atomic E-state index is 12.7. The largest absolute Gasteiger partial charge is 0.506 e. The van der Waals surface area contributed by atoms with E-state index in [1.54, 1.807) is 24.3 Å². The van der Waals surface area contributed by atoms with Crippen molar-refractivity contribution in [1.82, 2.24) is 5.32 Å². The lowest BCUT2D eigenvalue weighted by Crippen LogP contribution is -2.54. The average molecular weight is 456 g/mol. The van der Waals surface area contributed by atoms with Gasteiger partial charge in [-0.2, -0.15) is 0 Å². The molecule has 0 radical (unpaired) electrons. The van der Waals surface area contributed by atoms with Gasteiger partial charge in [0, 0.05) is 15.1 Å². The molecule has 3 rings (SSSR count). The molecule has 1 aliphatic rings. The van der Waals surface area contributed by atoms with E-state index in [1.807, 2.05) is 0 Å². The first-order valence-corrected chi connectivity index (χ1v) is 8.68. The summed E-state index contributed by atoms with van der Waals surface area (Å²) in [7, 11) is 0. The summed E-state index contributed by atoms with van der Waals surface area (Å²) in [5, 5.41) is 12.3. The van der Waals surface area contributed by atoms with Crippen LogP contribution in [0.1, 0.15) is 5.56 Å². The van der Waals surface area contributed by atoms with Gasteiger partial charge < -0.3 is 5.11 Å². The van der Waals surface area contributed by atoms with E-state index in [1.165, 1.54) is 12.1 Å². The van der Waals surface area contributed by atoms with Crippen molar-refractivity contribution in [2.75, 3.05) is 4.90 Å². The molecule has 1 aliphatic heterocycles. The Morgan fingerprint density at radius 3 is 2.38 bits per heavy atom. The van der Waals surface area contributed by atoms with E-state index in [-0.39, 0.29) is 32.6 Å². The predicted molar refractivity (Wildman–Crippen MR) is 101 cm³/mol. The number of phenolic OH excluding ortho intramolecular Hbond substituents is 1. The van der Waals surface area contributed by atoms with Crippen LogP contribution >= 0.6 is 39.1 Å². The van der Waals surface area contributed by atoms with Gasteiger partial charge in [0.2, 0.25) is 0 Å². The first-order valence-electron chi connectivity index (χ1n) is 7.13. The fraction of sp³-hybridized carbons (Fsp3) is 0. The zero-order valence-corrected chi connectivity index (χ0v) is 15.9. The highest BCUT2D eigenvalue weighted by Gasteiger charge is 2.37. The average Bonchev–Trinajstić information content (AvgIpc) is 2.57. The first kappa shape index (κ1) is 18.4. The summed E-state index contributed by atoms with van der Waals surface area (Å²) in [6.45, 7) is 0. The Morgan fingerprint density at radius 1 is 1.08 bits per heavy atom. The fourth-order valence-electron chi connectivity index (χ4n) is 2.33. The van der Waals surface area contributed by atoms with Crippen molar-refractivity contribution in [1.29, 1.82) is 0 Å². The van der Waals surface area contributed by atoms with E-state index in [9.17, 15) is 19.5 Å². The second-order valence-electron chi connectivity index (χ2n) is 5.26. The lowest BCUT2D eigenvalue weighted by Gasteiger charge is -2.26. The molecule has 0 saturated carbocycles. The number of barbiturate groups is 1. The SMILES string of the molecule is O=C1NC(=O)N(c2ccc(Br)cc2)C(=O)/C1=C/c1cc(Cl)cc(Cl)c1O. The molecular formula is C17H9BrCl2N2O4. The van der Waals surface area contributed by atoms with Gasteiger partial charge >= 0.3 is 6.03 Å². The molecule has 0 aromatic heterocycles. The van der Waals surface area contributed by atoms with Gasteiger partial charge in [-0.15, -0.1) is 0 Å². The van der Waals surface area contributed by atoms with Crippen molar-refractivity contribution in [2.45, 2.75) is 0 Å². The summed E-state index contributed by atoms with van der Waals surface area (Å²) >= 11 is 15.0. The highest BCUT2D eigenvalue weighted by Crippen LogP contribution is 2.33. The zero-order valence-electron chi connectivity index (χ0n) is 12.8. The number of rotatable bonds is 2. The molecule has 0 spiro atoms. The third-order valence-corrected chi connectivity index (χ3v) is 4.58. The van der Waals surface area contributed by atoms with Gasteiger partial charge in [-0.25, -0.2) is 9.69 Å². The van der Waals surface area contributed by atoms with Gasteiger partial charge in [0.15, 0.2) is 0 Å². The molecule has 0 atom stereocenters. The van der Waals surface area contributed by atoms with E-state index in [4.69, 9.17) is 23.2 Å². The Bertz CT molecular complexity index is 973. The maximum absolute atomic E-state index is 12.7. The molecule has 2 N–H and O–H groups in total. The smallest absolute Gasteiger partial charge is 0.335 e. The van der Waals surface area contributed by atoms with E-state index in [0.717, 1.165) is 15.4 Å². The number of hydrogen-bond donors (Lipinski definition) is 2. The van der Waals surface area contributed by atoms with Crippen molar-refractivity contribution < 1.29 is 19.5 Å². The second-order valence-corrected chi connectivity index (χ2v) is 7.02. The molecule has 2 aromatic carbocycles. The number of halogens is 3. The van der Waals surface area contributed by atoms with Crippen LogP contribution in [0.5, 0.6) is 5.75 Å². The standard InChI is InChI=1S/C17H9BrCl2N2O4/c18-9-1-3-11(4-2-9)22-16(25)12(15(24)21-17(22)26)6-8-5-10(19)7-13(20)14(8)23/h1-7,23H,(H,21,24,26)/b12-6+. The number of phenols is 1. The van der Waals surface area contributed by atoms with Crippen LogP contribution in [0.15, 0.2) is 46.4 Å². The number of amides is 4. The van der Waals surface area contributed by atoms with Crippen molar-refractivity contribution in [3.05, 3.63) is 62.1 Å². The molecule has 1 heterocycles. The molecule has 0 unspecified atom stereocenters. The number of anilines is 1. The van der Waals surface area contributed by atoms with Gasteiger partial charge in [0.1, 0.15) is 11.3 Å². The Hall–Kier alpha value is -2.35. The molecule has 0 aliphatic carbocycles. The van der Waals surface area contributed by atoms with Crippen LogP contribution < -0.4 is 10.2 Å². The third-order valence-electron chi connectivity index (χ3n) is 3.54. The molecule has 26 heavy (non-hydrogen) atoms. The molecule has 9 heteroatoms. The number of nitrogens with zero attached hydrogens (tertiary/aromatic N) is 1. The Morgan fingerprint density at radius 2 is 1.73 bits per heavy atom. The van der Waals surface area contributed by atoms with Crippen LogP contribution in [0.2, 0.25) is 10.0 Å². The molecule has 1 fully saturated rings. The zero-order chi connectivity index (χ0) is 19.0. The Labute approximate surface area is 166 Å². The summed E-state index contributed by atoms with van der Waals surface area (Å²) in [5.74, 6) is -2.06. The van der Waals surface area contributed by atoms with E-state index in [0.29, 0.717) is 0 Å². The van der Waals surface area contributed by atoms with Gasteiger partial charge in [-0.3, -0.25) is 14.9 Å². The van der Waals surface area contributed by atoms with Gasteiger partial charge in [-0.05, 0) is 42.5 Å². The topological polar surface area (TPSA) is 86.7 Å². The van der Waals surface area contributed by atoms with Gasteiger partial charge in [0.05, 0.1) is 10.7 Å². The number of hydrogen-bond acceptors (Lipinski definition) is 4. The van der Waals surface area contributed by atoms with Crippen LogP contribution in [0.3, 0.4) is 0 Å². The minimum Gasteiger partial charge on any atom is -0.506 e. The third kappa shape index (κ3) is 3.46. The monoisotopic (exact) mass is 454 g/mol. The summed E-state index contributed by atoms with van der Waals surface area (Å²) in [5.41, 5.74) is 0.00899. The summed E-state index contributed by atoms with van der Waals surface area (Å²) < 4.78 is 0.761. The first-order chi connectivity index (χ1) is 12.3. The Balaban J connectivity index is 2.07. The van der Waals surface area contributed by atoms with Crippen LogP contribution in [-0.2, 0) is 9.59 Å². The molecule has 132 valence electrons. The van der Waals surface area contributed by atoms with Crippen molar-refractivity contribution >= 4 is 68.7 Å². The number of urea groups is 1. The summed E-state index contributed by atoms with van der Waals surface area (Å²) in [6.07, 6.45) is 1.13. The van der Waals surface area contributed by atoms with Crippen molar-refractivity contribution in [2.24, 2.45) is 0 Å². The van der Waals surface area contributed by atoms with E-state index in [2.05, 4.69) is 21.2 Å². The number of carbonyl (C=O) groups excluding carboxylic acids is 3. The predicted octanol–water partition coefficient (Wildman–Crippen LogP) is 4.13. The summed E-state index contributed by atoms with van der Waals surface area (Å²) in [4.78, 5) is 37.8. The summed E-state index contributed by atoms with van der Waals surface area (Å²) in [6, 6.07) is 8.19. The number of aromatic hydroxyl groups is 1. The second kappa shape index (κ2) is 7.11. The highest BCUT2D eigenvalue weighted by atomic mass is 79.9. The van der Waals surface area contributed by atoms with Crippen LogP contribution in [-0.4, -0.2) is 23.0 Å². The normalized spacial score (nSPS) is 16.2. The lowest BCUT2D eigenvalue weighted by molar-refractivity contribution is -0.122. The lowest BCUT2D eigenvalue weighted by atomic mass is 10.1. The molecular weight excluding hydrogens is 447 g/mol. The quantitative estimate of drug-likeness (QED) is 0.526. The highest BCUT2D eigenvalue weighted by molar-refractivity contribution is 9.10. The minimum atomic E-state index is -0.885. The van der Waals surface area contributed by atoms with Crippen molar-refractivity contribution in [3.8, 4) is 5.75 Å². The number of carbonyl (C=O) groups is 3. The van der Waals surface area contributed by atoms with Crippen LogP contribution in [0.4, 0.5) is 10.5 Å². The number of nitrogens with one attached hydrogen (secondary N) is 1. The van der Waals surface area contributed by atoms with Crippen LogP contribution in [0, 0.1) is 0 Å². The van der Waals surface area contributed by atoms with Crippen molar-refractivity contribution in [3.63, 3.8) is 0 Å². The number of imide groups is 2. The molecule has 0 bridgehead atoms. The van der Waals surface area contributed by atoms with Gasteiger partial charge in [-0.1, -0.05) is 39.1 Å². The van der Waals surface area contributed by atoms with Gasteiger partial charge in [0.25, 0.3) is 11.8 Å². The van der Waals surface area contributed by atoms with E-state index < -0.39 is 17.8 Å². The molecule has 1 saturated heterocycles. The number of benzene rings is 2. The molecule has 2 aromatic rings.